The highest BCUT2D eigenvalue weighted by Gasteiger charge is 2.25. The summed E-state index contributed by atoms with van der Waals surface area (Å²) in [6, 6.07) is 0.618. The van der Waals surface area contributed by atoms with Gasteiger partial charge in [0.1, 0.15) is 5.60 Å². The molecular formula is C17H33NO2. The van der Waals surface area contributed by atoms with Crippen LogP contribution in [0.2, 0.25) is 0 Å². The first-order valence-corrected chi connectivity index (χ1v) is 8.32. The van der Waals surface area contributed by atoms with Gasteiger partial charge < -0.3 is 10.1 Å². The number of nitrogens with one attached hydrogen (secondary N) is 1. The van der Waals surface area contributed by atoms with Crippen LogP contribution in [-0.2, 0) is 9.53 Å². The smallest absolute Gasteiger partial charge is 0.309 e. The lowest BCUT2D eigenvalue weighted by atomic mass is 9.94. The Morgan fingerprint density at radius 2 is 1.50 bits per heavy atom. The third-order valence-electron chi connectivity index (χ3n) is 4.11. The van der Waals surface area contributed by atoms with Crippen molar-refractivity contribution in [3.8, 4) is 0 Å². The standard InChI is InChI=1S/C17H33NO2/c1-17(2,3)20-16(19)14-10-7-5-6-8-12-15(18-4)13-9-11-14/h14-15,18H,5-13H2,1-4H3. The minimum atomic E-state index is -0.364. The Morgan fingerprint density at radius 1 is 0.950 bits per heavy atom. The van der Waals surface area contributed by atoms with Crippen molar-refractivity contribution in [3.63, 3.8) is 0 Å². The van der Waals surface area contributed by atoms with Crippen LogP contribution in [0.1, 0.15) is 78.6 Å². The van der Waals surface area contributed by atoms with E-state index in [1.54, 1.807) is 0 Å². The number of carbonyl (C=O) groups excluding carboxylic acids is 1. The van der Waals surface area contributed by atoms with Gasteiger partial charge in [0.05, 0.1) is 5.92 Å². The van der Waals surface area contributed by atoms with Crippen molar-refractivity contribution in [1.29, 1.82) is 0 Å². The van der Waals surface area contributed by atoms with Gasteiger partial charge in [-0.05, 0) is 53.5 Å². The van der Waals surface area contributed by atoms with Crippen LogP contribution < -0.4 is 5.32 Å². The van der Waals surface area contributed by atoms with Gasteiger partial charge in [-0.3, -0.25) is 4.79 Å². The molecule has 0 aromatic rings. The lowest BCUT2D eigenvalue weighted by Gasteiger charge is -2.24. The second-order valence-corrected chi connectivity index (χ2v) is 7.14. The average molecular weight is 283 g/mol. The van der Waals surface area contributed by atoms with Crippen molar-refractivity contribution >= 4 is 5.97 Å². The molecule has 1 saturated carbocycles. The van der Waals surface area contributed by atoms with Crippen molar-refractivity contribution in [3.05, 3.63) is 0 Å². The molecule has 20 heavy (non-hydrogen) atoms. The second-order valence-electron chi connectivity index (χ2n) is 7.14. The van der Waals surface area contributed by atoms with E-state index in [1.807, 2.05) is 20.8 Å². The molecule has 1 aliphatic carbocycles. The molecule has 2 unspecified atom stereocenters. The van der Waals surface area contributed by atoms with Crippen LogP contribution in [-0.4, -0.2) is 24.7 Å². The lowest BCUT2D eigenvalue weighted by Crippen LogP contribution is -2.29. The number of hydrogen-bond donors (Lipinski definition) is 1. The molecule has 2 atom stereocenters. The summed E-state index contributed by atoms with van der Waals surface area (Å²) < 4.78 is 5.58. The van der Waals surface area contributed by atoms with Gasteiger partial charge in [-0.25, -0.2) is 0 Å². The van der Waals surface area contributed by atoms with E-state index in [4.69, 9.17) is 4.74 Å². The van der Waals surface area contributed by atoms with Gasteiger partial charge in [0.15, 0.2) is 0 Å². The Morgan fingerprint density at radius 3 is 2.10 bits per heavy atom. The first-order valence-electron chi connectivity index (χ1n) is 8.32. The lowest BCUT2D eigenvalue weighted by molar-refractivity contribution is -0.160. The fourth-order valence-electron chi connectivity index (χ4n) is 2.94. The Labute approximate surface area is 124 Å². The van der Waals surface area contributed by atoms with E-state index >= 15 is 0 Å². The molecule has 1 aliphatic rings. The van der Waals surface area contributed by atoms with Crippen LogP contribution >= 0.6 is 0 Å². The maximum Gasteiger partial charge on any atom is 0.309 e. The maximum absolute atomic E-state index is 12.3. The van der Waals surface area contributed by atoms with Crippen LogP contribution in [0, 0.1) is 5.92 Å². The molecule has 1 N–H and O–H groups in total. The van der Waals surface area contributed by atoms with Gasteiger partial charge in [-0.15, -0.1) is 0 Å². The van der Waals surface area contributed by atoms with Gasteiger partial charge in [-0.2, -0.15) is 0 Å². The van der Waals surface area contributed by atoms with Crippen molar-refractivity contribution in [2.24, 2.45) is 5.92 Å². The predicted octanol–water partition coefficient (Wildman–Crippen LogP) is 4.06. The summed E-state index contributed by atoms with van der Waals surface area (Å²) in [5, 5.41) is 3.41. The van der Waals surface area contributed by atoms with Crippen molar-refractivity contribution in [1.82, 2.24) is 5.32 Å². The largest absolute Gasteiger partial charge is 0.460 e. The first-order chi connectivity index (χ1) is 9.42. The quantitative estimate of drug-likeness (QED) is 0.777. The number of carbonyl (C=O) groups is 1. The van der Waals surface area contributed by atoms with Gasteiger partial charge in [-0.1, -0.05) is 32.1 Å². The van der Waals surface area contributed by atoms with Gasteiger partial charge in [0.2, 0.25) is 0 Å². The van der Waals surface area contributed by atoms with Crippen molar-refractivity contribution < 1.29 is 9.53 Å². The monoisotopic (exact) mass is 283 g/mol. The van der Waals surface area contributed by atoms with E-state index in [-0.39, 0.29) is 17.5 Å². The molecule has 1 rings (SSSR count). The number of hydrogen-bond acceptors (Lipinski definition) is 3. The average Bonchev–Trinajstić information content (AvgIpc) is 2.40. The zero-order valence-electron chi connectivity index (χ0n) is 13.8. The third kappa shape index (κ3) is 7.28. The third-order valence-corrected chi connectivity index (χ3v) is 4.11. The summed E-state index contributed by atoms with van der Waals surface area (Å²) in [6.07, 6.45) is 10.6. The zero-order valence-corrected chi connectivity index (χ0v) is 13.8. The molecule has 3 nitrogen and oxygen atoms in total. The summed E-state index contributed by atoms with van der Waals surface area (Å²) >= 11 is 0. The van der Waals surface area contributed by atoms with Crippen LogP contribution in [0.3, 0.4) is 0 Å². The summed E-state index contributed by atoms with van der Waals surface area (Å²) in [5.41, 5.74) is -0.364. The predicted molar refractivity (Wildman–Crippen MR) is 83.7 cm³/mol. The highest BCUT2D eigenvalue weighted by Crippen LogP contribution is 2.24. The molecule has 0 radical (unpaired) electrons. The molecule has 0 aromatic heterocycles. The molecule has 3 heteroatoms. The van der Waals surface area contributed by atoms with Crippen molar-refractivity contribution in [2.75, 3.05) is 7.05 Å². The zero-order chi connectivity index (χ0) is 15.0. The van der Waals surface area contributed by atoms with Crippen LogP contribution in [0.4, 0.5) is 0 Å². The molecule has 0 bridgehead atoms. The van der Waals surface area contributed by atoms with E-state index in [0.717, 1.165) is 25.7 Å². The van der Waals surface area contributed by atoms with E-state index in [1.165, 1.54) is 32.1 Å². The molecule has 0 amide bonds. The van der Waals surface area contributed by atoms with Crippen LogP contribution in [0.5, 0.6) is 0 Å². The van der Waals surface area contributed by atoms with E-state index < -0.39 is 0 Å². The highest BCUT2D eigenvalue weighted by molar-refractivity contribution is 5.72. The summed E-state index contributed by atoms with van der Waals surface area (Å²) in [4.78, 5) is 12.3. The Hall–Kier alpha value is -0.570. The molecule has 0 spiro atoms. The summed E-state index contributed by atoms with van der Waals surface area (Å²) in [7, 11) is 2.05. The number of rotatable bonds is 2. The topological polar surface area (TPSA) is 38.3 Å². The van der Waals surface area contributed by atoms with Gasteiger partial charge >= 0.3 is 5.97 Å². The first kappa shape index (κ1) is 17.5. The van der Waals surface area contributed by atoms with E-state index in [2.05, 4.69) is 12.4 Å². The minimum Gasteiger partial charge on any atom is -0.460 e. The summed E-state index contributed by atoms with van der Waals surface area (Å²) in [5.74, 6) is 0.114. The molecule has 0 aliphatic heterocycles. The minimum absolute atomic E-state index is 0.0118. The molecule has 0 heterocycles. The Balaban J connectivity index is 2.53. The molecule has 0 saturated heterocycles. The second kappa shape index (κ2) is 8.66. The summed E-state index contributed by atoms with van der Waals surface area (Å²) in [6.45, 7) is 5.85. The van der Waals surface area contributed by atoms with Crippen LogP contribution in [0.15, 0.2) is 0 Å². The fraction of sp³-hybridized carbons (Fsp3) is 0.941. The van der Waals surface area contributed by atoms with Crippen LogP contribution in [0.25, 0.3) is 0 Å². The number of ether oxygens (including phenoxy) is 1. The van der Waals surface area contributed by atoms with E-state index in [9.17, 15) is 4.79 Å². The SMILES string of the molecule is CNC1CCCCCCC(C(=O)OC(C)(C)C)CCC1. The van der Waals surface area contributed by atoms with Gasteiger partial charge in [0.25, 0.3) is 0 Å². The fourth-order valence-corrected chi connectivity index (χ4v) is 2.94. The Bertz CT molecular complexity index is 283. The normalized spacial score (nSPS) is 26.6. The Kier molecular flexibility index (Phi) is 7.57. The molecule has 1 fully saturated rings. The molecule has 118 valence electrons. The highest BCUT2D eigenvalue weighted by atomic mass is 16.6. The number of esters is 1. The van der Waals surface area contributed by atoms with Gasteiger partial charge in [0, 0.05) is 6.04 Å². The van der Waals surface area contributed by atoms with E-state index in [0.29, 0.717) is 6.04 Å². The molecular weight excluding hydrogens is 250 g/mol. The maximum atomic E-state index is 12.3. The van der Waals surface area contributed by atoms with Crippen molar-refractivity contribution in [2.45, 2.75) is 90.2 Å². The molecule has 0 aromatic carbocycles.